The zero-order valence-corrected chi connectivity index (χ0v) is 8.46. The molecule has 0 spiro atoms. The molecule has 0 unspecified atom stereocenters. The summed E-state index contributed by atoms with van der Waals surface area (Å²) in [6.45, 7) is 3.97. The molecule has 0 aromatic carbocycles. The van der Waals surface area contributed by atoms with Gasteiger partial charge in [0.15, 0.2) is 0 Å². The van der Waals surface area contributed by atoms with Crippen molar-refractivity contribution >= 4 is 5.78 Å². The molecule has 1 heterocycles. The third-order valence-corrected chi connectivity index (χ3v) is 1.79. The molecule has 0 aliphatic heterocycles. The number of carbonyl (C=O) groups is 1. The molecular formula is C11H14FNO. The van der Waals surface area contributed by atoms with Crippen molar-refractivity contribution in [2.75, 3.05) is 0 Å². The highest BCUT2D eigenvalue weighted by atomic mass is 19.1. The molecule has 14 heavy (non-hydrogen) atoms. The fourth-order valence-corrected chi connectivity index (χ4v) is 1.27. The second-order valence-electron chi connectivity index (χ2n) is 3.78. The van der Waals surface area contributed by atoms with Gasteiger partial charge >= 0.3 is 0 Å². The number of Topliss-reactive ketones (excluding diaryl/α,β-unsaturated/α-hetero) is 1. The largest absolute Gasteiger partial charge is 0.299 e. The molecule has 0 saturated heterocycles. The van der Waals surface area contributed by atoms with Gasteiger partial charge in [-0.3, -0.25) is 9.78 Å². The average Bonchev–Trinajstić information content (AvgIpc) is 2.01. The van der Waals surface area contributed by atoms with E-state index in [1.54, 1.807) is 0 Å². The molecular weight excluding hydrogens is 181 g/mol. The summed E-state index contributed by atoms with van der Waals surface area (Å²) in [5.74, 6) is 0.113. The molecule has 0 aliphatic carbocycles. The molecule has 1 aromatic heterocycles. The maximum Gasteiger partial charge on any atom is 0.139 e. The Morgan fingerprint density at radius 3 is 2.86 bits per heavy atom. The van der Waals surface area contributed by atoms with Crippen LogP contribution in [-0.2, 0) is 11.2 Å². The van der Waals surface area contributed by atoms with Gasteiger partial charge in [0.05, 0.1) is 5.69 Å². The predicted octanol–water partition coefficient (Wildman–Crippen LogP) is 2.38. The Balaban J connectivity index is 2.56. The monoisotopic (exact) mass is 195 g/mol. The van der Waals surface area contributed by atoms with E-state index in [2.05, 4.69) is 4.98 Å². The predicted molar refractivity (Wildman–Crippen MR) is 52.4 cm³/mol. The first kappa shape index (κ1) is 10.8. The normalized spacial score (nSPS) is 10.6. The standard InChI is InChI=1S/C11H14FNO/c1-8(2)5-11(14)7-10-6-9(12)3-4-13-10/h3-4,6,8H,5,7H2,1-2H3. The van der Waals surface area contributed by atoms with Gasteiger partial charge < -0.3 is 0 Å². The molecule has 0 aliphatic rings. The maximum atomic E-state index is 12.7. The van der Waals surface area contributed by atoms with E-state index in [4.69, 9.17) is 0 Å². The Hall–Kier alpha value is -1.25. The Morgan fingerprint density at radius 1 is 1.57 bits per heavy atom. The van der Waals surface area contributed by atoms with Crippen LogP contribution in [0.25, 0.3) is 0 Å². The van der Waals surface area contributed by atoms with Crippen LogP contribution in [0.5, 0.6) is 0 Å². The first-order chi connectivity index (χ1) is 6.58. The summed E-state index contributed by atoms with van der Waals surface area (Å²) >= 11 is 0. The lowest BCUT2D eigenvalue weighted by Crippen LogP contribution is -2.07. The van der Waals surface area contributed by atoms with Crippen LogP contribution >= 0.6 is 0 Å². The van der Waals surface area contributed by atoms with E-state index in [-0.39, 0.29) is 18.0 Å². The number of ketones is 1. The molecule has 0 fully saturated rings. The Kier molecular flexibility index (Phi) is 3.74. The molecule has 76 valence electrons. The minimum absolute atomic E-state index is 0.109. The molecule has 1 rings (SSSR count). The minimum atomic E-state index is -0.340. The third-order valence-electron chi connectivity index (χ3n) is 1.79. The van der Waals surface area contributed by atoms with Gasteiger partial charge in [0.1, 0.15) is 11.6 Å². The number of hydrogen-bond donors (Lipinski definition) is 0. The number of pyridine rings is 1. The quantitative estimate of drug-likeness (QED) is 0.738. The number of hydrogen-bond acceptors (Lipinski definition) is 2. The van der Waals surface area contributed by atoms with Crippen LogP contribution in [0.2, 0.25) is 0 Å². The van der Waals surface area contributed by atoms with E-state index in [1.807, 2.05) is 13.8 Å². The van der Waals surface area contributed by atoms with Crippen molar-refractivity contribution < 1.29 is 9.18 Å². The smallest absolute Gasteiger partial charge is 0.139 e. The zero-order valence-electron chi connectivity index (χ0n) is 8.46. The van der Waals surface area contributed by atoms with Crippen molar-refractivity contribution in [3.8, 4) is 0 Å². The third kappa shape index (κ3) is 3.64. The molecule has 0 radical (unpaired) electrons. The van der Waals surface area contributed by atoms with E-state index in [1.165, 1.54) is 18.3 Å². The van der Waals surface area contributed by atoms with Crippen molar-refractivity contribution in [3.05, 3.63) is 29.8 Å². The van der Waals surface area contributed by atoms with Gasteiger partial charge in [-0.1, -0.05) is 13.8 Å². The summed E-state index contributed by atoms with van der Waals surface area (Å²) < 4.78 is 12.7. The lowest BCUT2D eigenvalue weighted by atomic mass is 10.0. The average molecular weight is 195 g/mol. The van der Waals surface area contributed by atoms with Gasteiger partial charge in [-0.25, -0.2) is 4.39 Å². The summed E-state index contributed by atoms with van der Waals surface area (Å²) in [5.41, 5.74) is 0.510. The highest BCUT2D eigenvalue weighted by Gasteiger charge is 2.07. The number of halogens is 1. The summed E-state index contributed by atoms with van der Waals surface area (Å²) in [4.78, 5) is 15.3. The first-order valence-corrected chi connectivity index (χ1v) is 4.70. The fourth-order valence-electron chi connectivity index (χ4n) is 1.27. The van der Waals surface area contributed by atoms with Crippen molar-refractivity contribution in [1.82, 2.24) is 4.98 Å². The second kappa shape index (κ2) is 4.84. The maximum absolute atomic E-state index is 12.7. The number of nitrogens with zero attached hydrogens (tertiary/aromatic N) is 1. The molecule has 2 nitrogen and oxygen atoms in total. The summed E-state index contributed by atoms with van der Waals surface area (Å²) in [6.07, 6.45) is 2.14. The molecule has 0 amide bonds. The van der Waals surface area contributed by atoms with Crippen molar-refractivity contribution in [2.24, 2.45) is 5.92 Å². The Labute approximate surface area is 83.2 Å². The van der Waals surface area contributed by atoms with Gasteiger partial charge in [-0.15, -0.1) is 0 Å². The number of aromatic nitrogens is 1. The van der Waals surface area contributed by atoms with Crippen LogP contribution in [0.1, 0.15) is 26.0 Å². The molecule has 0 bridgehead atoms. The van der Waals surface area contributed by atoms with Crippen molar-refractivity contribution in [2.45, 2.75) is 26.7 Å². The van der Waals surface area contributed by atoms with Crippen LogP contribution in [-0.4, -0.2) is 10.8 Å². The van der Waals surface area contributed by atoms with Crippen LogP contribution in [0, 0.1) is 11.7 Å². The van der Waals surface area contributed by atoms with Gasteiger partial charge in [0.2, 0.25) is 0 Å². The molecule has 0 saturated carbocycles. The molecule has 3 heteroatoms. The lowest BCUT2D eigenvalue weighted by molar-refractivity contribution is -0.119. The molecule has 0 atom stereocenters. The van der Waals surface area contributed by atoms with E-state index in [0.29, 0.717) is 18.0 Å². The van der Waals surface area contributed by atoms with Crippen molar-refractivity contribution in [3.63, 3.8) is 0 Å². The summed E-state index contributed by atoms with van der Waals surface area (Å²) in [5, 5.41) is 0. The van der Waals surface area contributed by atoms with Gasteiger partial charge in [-0.05, 0) is 18.1 Å². The fraction of sp³-hybridized carbons (Fsp3) is 0.455. The molecule has 0 N–H and O–H groups in total. The lowest BCUT2D eigenvalue weighted by Gasteiger charge is -2.03. The zero-order chi connectivity index (χ0) is 10.6. The number of carbonyl (C=O) groups excluding carboxylic acids is 1. The van der Waals surface area contributed by atoms with Crippen LogP contribution < -0.4 is 0 Å². The Morgan fingerprint density at radius 2 is 2.29 bits per heavy atom. The topological polar surface area (TPSA) is 30.0 Å². The van der Waals surface area contributed by atoms with Crippen LogP contribution in [0.15, 0.2) is 18.3 Å². The SMILES string of the molecule is CC(C)CC(=O)Cc1cc(F)ccn1. The van der Waals surface area contributed by atoms with E-state index >= 15 is 0 Å². The van der Waals surface area contributed by atoms with E-state index in [9.17, 15) is 9.18 Å². The van der Waals surface area contributed by atoms with E-state index < -0.39 is 0 Å². The highest BCUT2D eigenvalue weighted by molar-refractivity contribution is 5.80. The van der Waals surface area contributed by atoms with Gasteiger partial charge in [0.25, 0.3) is 0 Å². The second-order valence-corrected chi connectivity index (χ2v) is 3.78. The van der Waals surface area contributed by atoms with E-state index in [0.717, 1.165) is 0 Å². The Bertz CT molecular complexity index is 323. The minimum Gasteiger partial charge on any atom is -0.299 e. The first-order valence-electron chi connectivity index (χ1n) is 4.70. The summed E-state index contributed by atoms with van der Waals surface area (Å²) in [7, 11) is 0. The molecule has 1 aromatic rings. The van der Waals surface area contributed by atoms with Gasteiger partial charge in [0, 0.05) is 19.0 Å². The highest BCUT2D eigenvalue weighted by Crippen LogP contribution is 2.06. The van der Waals surface area contributed by atoms with Crippen molar-refractivity contribution in [1.29, 1.82) is 0 Å². The van der Waals surface area contributed by atoms with Crippen LogP contribution in [0.4, 0.5) is 4.39 Å². The summed E-state index contributed by atoms with van der Waals surface area (Å²) in [6, 6.07) is 2.58. The van der Waals surface area contributed by atoms with Crippen LogP contribution in [0.3, 0.4) is 0 Å². The van der Waals surface area contributed by atoms with Gasteiger partial charge in [-0.2, -0.15) is 0 Å². The number of rotatable bonds is 4.